The number of nitriles is 1. The molecule has 0 aliphatic heterocycles. The van der Waals surface area contributed by atoms with Crippen molar-refractivity contribution in [3.8, 4) is 11.8 Å². The molecule has 76 valence electrons. The monoisotopic (exact) mass is 238 g/mol. The van der Waals surface area contributed by atoms with Crippen molar-refractivity contribution in [3.05, 3.63) is 23.2 Å². The number of fused-ring (bicyclic) bond motifs is 1. The van der Waals surface area contributed by atoms with E-state index in [1.54, 1.807) is 0 Å². The highest BCUT2D eigenvalue weighted by atomic mass is 35.5. The lowest BCUT2D eigenvalue weighted by atomic mass is 10.3. The summed E-state index contributed by atoms with van der Waals surface area (Å²) in [7, 11) is 0. The Morgan fingerprint density at radius 3 is 3.13 bits per heavy atom. The number of nitrogens with zero attached hydrogens (tertiary/aromatic N) is 2. The minimum Gasteiger partial charge on any atom is -0.492 e. The number of benzene rings is 1. The van der Waals surface area contributed by atoms with Gasteiger partial charge in [0.1, 0.15) is 18.4 Å². The summed E-state index contributed by atoms with van der Waals surface area (Å²) in [6, 6.07) is 7.57. The highest BCUT2D eigenvalue weighted by Gasteiger charge is 2.04. The van der Waals surface area contributed by atoms with Crippen molar-refractivity contribution in [2.24, 2.45) is 0 Å². The third kappa shape index (κ3) is 2.20. The summed E-state index contributed by atoms with van der Waals surface area (Å²) in [6.45, 7) is 0.483. The van der Waals surface area contributed by atoms with Crippen LogP contribution in [0.3, 0.4) is 0 Å². The van der Waals surface area contributed by atoms with E-state index in [1.165, 1.54) is 11.3 Å². The zero-order chi connectivity index (χ0) is 10.7. The van der Waals surface area contributed by atoms with E-state index in [9.17, 15) is 0 Å². The molecule has 0 radical (unpaired) electrons. The molecule has 0 saturated carbocycles. The molecule has 2 aromatic rings. The van der Waals surface area contributed by atoms with Crippen molar-refractivity contribution in [1.82, 2.24) is 4.98 Å². The van der Waals surface area contributed by atoms with E-state index in [-0.39, 0.29) is 0 Å². The second-order valence-corrected chi connectivity index (χ2v) is 4.21. The van der Waals surface area contributed by atoms with Crippen molar-refractivity contribution in [3.63, 3.8) is 0 Å². The van der Waals surface area contributed by atoms with E-state index in [0.717, 1.165) is 16.0 Å². The van der Waals surface area contributed by atoms with Crippen LogP contribution >= 0.6 is 22.9 Å². The van der Waals surface area contributed by atoms with Crippen LogP contribution in [0.2, 0.25) is 0 Å². The number of hydrogen-bond donors (Lipinski definition) is 0. The molecule has 15 heavy (non-hydrogen) atoms. The van der Waals surface area contributed by atoms with E-state index in [0.29, 0.717) is 17.5 Å². The number of rotatable bonds is 3. The van der Waals surface area contributed by atoms with Crippen LogP contribution in [0.25, 0.3) is 10.2 Å². The summed E-state index contributed by atoms with van der Waals surface area (Å²) in [6.07, 6.45) is 0. The van der Waals surface area contributed by atoms with Gasteiger partial charge in [0.05, 0.1) is 16.1 Å². The fraction of sp³-hybridized carbons (Fsp3) is 0.200. The number of hydrogen-bond acceptors (Lipinski definition) is 4. The lowest BCUT2D eigenvalue weighted by molar-refractivity contribution is 0.343. The predicted octanol–water partition coefficient (Wildman–Crippen LogP) is 2.79. The Morgan fingerprint density at radius 1 is 1.53 bits per heavy atom. The van der Waals surface area contributed by atoms with Gasteiger partial charge in [0.2, 0.25) is 0 Å². The molecule has 1 aromatic heterocycles. The molecule has 0 saturated heterocycles. The van der Waals surface area contributed by atoms with Crippen molar-refractivity contribution in [2.45, 2.75) is 0 Å². The Bertz CT molecular complexity index is 518. The number of ether oxygens (including phenoxy) is 1. The molecule has 0 spiro atoms. The summed E-state index contributed by atoms with van der Waals surface area (Å²) in [5, 5.41) is 9.17. The molecule has 0 bridgehead atoms. The van der Waals surface area contributed by atoms with Crippen LogP contribution in [-0.4, -0.2) is 17.5 Å². The zero-order valence-electron chi connectivity index (χ0n) is 7.74. The summed E-state index contributed by atoms with van der Waals surface area (Å²) >= 11 is 6.88. The maximum Gasteiger partial charge on any atom is 0.195 e. The second kappa shape index (κ2) is 4.47. The van der Waals surface area contributed by atoms with Gasteiger partial charge < -0.3 is 4.74 Å². The Kier molecular flexibility index (Phi) is 3.05. The van der Waals surface area contributed by atoms with Crippen LogP contribution < -0.4 is 4.74 Å². The molecule has 0 aliphatic carbocycles. The van der Waals surface area contributed by atoms with E-state index in [1.807, 2.05) is 24.3 Å². The zero-order valence-corrected chi connectivity index (χ0v) is 9.31. The number of halogens is 1. The van der Waals surface area contributed by atoms with Gasteiger partial charge in [0.15, 0.2) is 5.01 Å². The fourth-order valence-corrected chi connectivity index (χ4v) is 2.07. The molecule has 0 aliphatic rings. The predicted molar refractivity (Wildman–Crippen MR) is 60.6 cm³/mol. The average Bonchev–Trinajstić information content (AvgIpc) is 2.68. The highest BCUT2D eigenvalue weighted by Crippen LogP contribution is 2.25. The average molecular weight is 239 g/mol. The Balaban J connectivity index is 2.34. The molecule has 0 amide bonds. The van der Waals surface area contributed by atoms with Gasteiger partial charge in [-0.2, -0.15) is 5.26 Å². The first kappa shape index (κ1) is 10.2. The van der Waals surface area contributed by atoms with Crippen LogP contribution in [-0.2, 0) is 0 Å². The Morgan fingerprint density at radius 2 is 2.40 bits per heavy atom. The molecule has 5 heteroatoms. The minimum absolute atomic E-state index is 0.462. The lowest BCUT2D eigenvalue weighted by Gasteiger charge is -2.02. The first-order valence-corrected chi connectivity index (χ1v) is 5.68. The van der Waals surface area contributed by atoms with E-state index >= 15 is 0 Å². The van der Waals surface area contributed by atoms with Gasteiger partial charge in [0, 0.05) is 0 Å². The quantitative estimate of drug-likeness (QED) is 0.773. The summed E-state index contributed by atoms with van der Waals surface area (Å²) in [5.41, 5.74) is 0.828. The van der Waals surface area contributed by atoms with Gasteiger partial charge in [-0.25, -0.2) is 4.98 Å². The maximum atomic E-state index is 8.70. The fourth-order valence-electron chi connectivity index (χ4n) is 1.20. The Labute approximate surface area is 95.9 Å². The van der Waals surface area contributed by atoms with Gasteiger partial charge in [-0.1, -0.05) is 0 Å². The molecule has 1 aromatic carbocycles. The second-order valence-electron chi connectivity index (χ2n) is 2.80. The van der Waals surface area contributed by atoms with Crippen molar-refractivity contribution < 1.29 is 4.74 Å². The van der Waals surface area contributed by atoms with Crippen LogP contribution in [0.1, 0.15) is 5.01 Å². The SMILES string of the molecule is N#Cc1nc2ccc(OCCCl)cc2s1. The topological polar surface area (TPSA) is 45.9 Å². The smallest absolute Gasteiger partial charge is 0.195 e. The minimum atomic E-state index is 0.462. The lowest BCUT2D eigenvalue weighted by Crippen LogP contribution is -1.97. The summed E-state index contributed by atoms with van der Waals surface area (Å²) in [5.74, 6) is 1.22. The van der Waals surface area contributed by atoms with Crippen molar-refractivity contribution in [1.29, 1.82) is 5.26 Å². The van der Waals surface area contributed by atoms with Gasteiger partial charge in [0.25, 0.3) is 0 Å². The Hall–Kier alpha value is -1.31. The molecule has 0 N–H and O–H groups in total. The van der Waals surface area contributed by atoms with Crippen molar-refractivity contribution >= 4 is 33.2 Å². The molecular formula is C10H7ClN2OS. The number of alkyl halides is 1. The molecule has 3 nitrogen and oxygen atoms in total. The molecule has 0 unspecified atom stereocenters. The first-order valence-electron chi connectivity index (χ1n) is 4.33. The maximum absolute atomic E-state index is 8.70. The van der Waals surface area contributed by atoms with Crippen molar-refractivity contribution in [2.75, 3.05) is 12.5 Å². The van der Waals surface area contributed by atoms with E-state index in [4.69, 9.17) is 21.6 Å². The van der Waals surface area contributed by atoms with E-state index < -0.39 is 0 Å². The van der Waals surface area contributed by atoms with Crippen LogP contribution in [0.4, 0.5) is 0 Å². The van der Waals surface area contributed by atoms with Gasteiger partial charge in [-0.3, -0.25) is 0 Å². The van der Waals surface area contributed by atoms with Gasteiger partial charge >= 0.3 is 0 Å². The third-order valence-electron chi connectivity index (χ3n) is 1.80. The normalized spacial score (nSPS) is 10.1. The van der Waals surface area contributed by atoms with Gasteiger partial charge in [-0.05, 0) is 18.2 Å². The molecule has 1 heterocycles. The standard InChI is InChI=1S/C10H7ClN2OS/c11-3-4-14-7-1-2-8-9(5-7)15-10(6-12)13-8/h1-2,5H,3-4H2. The molecular weight excluding hydrogens is 232 g/mol. The molecule has 2 rings (SSSR count). The summed E-state index contributed by atoms with van der Waals surface area (Å²) in [4.78, 5) is 4.13. The third-order valence-corrected chi connectivity index (χ3v) is 2.88. The van der Waals surface area contributed by atoms with E-state index in [2.05, 4.69) is 4.98 Å². The van der Waals surface area contributed by atoms with Crippen LogP contribution in [0.15, 0.2) is 18.2 Å². The van der Waals surface area contributed by atoms with Crippen LogP contribution in [0.5, 0.6) is 5.75 Å². The van der Waals surface area contributed by atoms with Crippen LogP contribution in [0, 0.1) is 11.3 Å². The summed E-state index contributed by atoms with van der Waals surface area (Å²) < 4.78 is 6.33. The first-order chi connectivity index (χ1) is 7.33. The highest BCUT2D eigenvalue weighted by molar-refractivity contribution is 7.19. The largest absolute Gasteiger partial charge is 0.492 e. The van der Waals surface area contributed by atoms with Gasteiger partial charge in [-0.15, -0.1) is 22.9 Å². The molecule has 0 atom stereocenters. The number of thiazole rings is 1. The molecule has 0 fully saturated rings. The number of aromatic nitrogens is 1.